The van der Waals surface area contributed by atoms with E-state index < -0.39 is 22.6 Å². The number of pyridine rings is 2. The third-order valence-electron chi connectivity index (χ3n) is 4.89. The number of hydrogen-bond acceptors (Lipinski definition) is 5. The molecule has 0 saturated heterocycles. The lowest BCUT2D eigenvalue weighted by Gasteiger charge is -2.21. The molecule has 10 heteroatoms. The van der Waals surface area contributed by atoms with Crippen molar-refractivity contribution >= 4 is 40.2 Å². The summed E-state index contributed by atoms with van der Waals surface area (Å²) in [5.41, 5.74) is -1.14. The van der Waals surface area contributed by atoms with Crippen LogP contribution in [0.2, 0.25) is 0 Å². The smallest absolute Gasteiger partial charge is 0.348 e. The minimum Gasteiger partial charge on any atom is -0.348 e. The van der Waals surface area contributed by atoms with E-state index in [9.17, 15) is 22.8 Å². The van der Waals surface area contributed by atoms with Crippen LogP contribution in [0.4, 0.5) is 19.0 Å². The van der Waals surface area contributed by atoms with Gasteiger partial charge in [0.25, 0.3) is 0 Å². The first-order chi connectivity index (χ1) is 18.0. The Balaban J connectivity index is 0.00000352. The van der Waals surface area contributed by atoms with Crippen LogP contribution >= 0.6 is 11.8 Å². The molecule has 204 valence electrons. The summed E-state index contributed by atoms with van der Waals surface area (Å²) in [5, 5.41) is 2.45. The molecule has 0 unspecified atom stereocenters. The third-order valence-corrected chi connectivity index (χ3v) is 5.79. The van der Waals surface area contributed by atoms with Gasteiger partial charge in [0.1, 0.15) is 5.82 Å². The SMILES string of the molecule is C=C.C=C/C=C(\C=C)Nc1cc(=O)c2c(C(F)(F)F)cc(SCC(=O)N(C)C)nc2n1C(/C=C\C)=C/CC. The number of anilines is 1. The summed E-state index contributed by atoms with van der Waals surface area (Å²) in [7, 11) is 3.11. The van der Waals surface area contributed by atoms with Gasteiger partial charge in [-0.3, -0.25) is 14.2 Å². The van der Waals surface area contributed by atoms with Crippen molar-refractivity contribution in [2.24, 2.45) is 0 Å². The van der Waals surface area contributed by atoms with Crippen LogP contribution in [0.3, 0.4) is 0 Å². The minimum absolute atomic E-state index is 0.0303. The highest BCUT2D eigenvalue weighted by Gasteiger charge is 2.35. The number of amides is 1. The number of halogens is 3. The maximum Gasteiger partial charge on any atom is 0.417 e. The van der Waals surface area contributed by atoms with Gasteiger partial charge in [0.05, 0.1) is 21.7 Å². The molecule has 1 amide bonds. The molecule has 6 nitrogen and oxygen atoms in total. The molecule has 0 fully saturated rings. The second-order valence-corrected chi connectivity index (χ2v) is 8.73. The second kappa shape index (κ2) is 14.8. The van der Waals surface area contributed by atoms with Gasteiger partial charge in [-0.05, 0) is 37.6 Å². The summed E-state index contributed by atoms with van der Waals surface area (Å²) in [4.78, 5) is 30.9. The predicted molar refractivity (Wildman–Crippen MR) is 153 cm³/mol. The zero-order valence-corrected chi connectivity index (χ0v) is 22.9. The Kier molecular flexibility index (Phi) is 12.6. The first kappa shape index (κ1) is 32.2. The van der Waals surface area contributed by atoms with E-state index in [-0.39, 0.29) is 28.2 Å². The lowest BCUT2D eigenvalue weighted by Crippen LogP contribution is -2.23. The van der Waals surface area contributed by atoms with Gasteiger partial charge in [-0.15, -0.1) is 13.2 Å². The lowest BCUT2D eigenvalue weighted by atomic mass is 10.1. The average molecular weight is 547 g/mol. The van der Waals surface area contributed by atoms with E-state index in [1.165, 1.54) is 21.6 Å². The Hall–Kier alpha value is -3.79. The number of allylic oxidation sites excluding steroid dienone is 7. The Labute approximate surface area is 225 Å². The molecule has 0 aliphatic heterocycles. The Morgan fingerprint density at radius 1 is 1.24 bits per heavy atom. The molecule has 0 aliphatic rings. The van der Waals surface area contributed by atoms with Crippen LogP contribution < -0.4 is 10.7 Å². The molecule has 0 bridgehead atoms. The van der Waals surface area contributed by atoms with Gasteiger partial charge in [-0.2, -0.15) is 13.2 Å². The molecule has 2 heterocycles. The molecule has 2 rings (SSSR count). The third kappa shape index (κ3) is 8.11. The van der Waals surface area contributed by atoms with Crippen molar-refractivity contribution in [3.8, 4) is 0 Å². The lowest BCUT2D eigenvalue weighted by molar-refractivity contribution is -0.136. The summed E-state index contributed by atoms with van der Waals surface area (Å²) < 4.78 is 44.0. The normalized spacial score (nSPS) is 12.2. The van der Waals surface area contributed by atoms with Gasteiger partial charge < -0.3 is 10.2 Å². The van der Waals surface area contributed by atoms with Crippen molar-refractivity contribution in [1.82, 2.24) is 14.5 Å². The second-order valence-electron chi connectivity index (χ2n) is 7.73. The van der Waals surface area contributed by atoms with Gasteiger partial charge in [0.15, 0.2) is 11.1 Å². The Bertz CT molecular complexity index is 1320. The summed E-state index contributed by atoms with van der Waals surface area (Å²) in [6.45, 7) is 17.0. The van der Waals surface area contributed by atoms with E-state index in [2.05, 4.69) is 36.6 Å². The molecular weight excluding hydrogens is 513 g/mol. The van der Waals surface area contributed by atoms with E-state index >= 15 is 0 Å². The molecule has 1 N–H and O–H groups in total. The number of fused-ring (bicyclic) bond motifs is 1. The molecule has 0 radical (unpaired) electrons. The van der Waals surface area contributed by atoms with Gasteiger partial charge in [0, 0.05) is 31.6 Å². The fraction of sp³-hybridized carbons (Fsp3) is 0.250. The number of thioether (sulfide) groups is 1. The molecule has 38 heavy (non-hydrogen) atoms. The minimum atomic E-state index is -4.82. The molecule has 2 aromatic heterocycles. The number of carbonyl (C=O) groups excluding carboxylic acids is 1. The predicted octanol–water partition coefficient (Wildman–Crippen LogP) is 6.89. The topological polar surface area (TPSA) is 67.2 Å². The highest BCUT2D eigenvalue weighted by molar-refractivity contribution is 7.99. The van der Waals surface area contributed by atoms with Gasteiger partial charge >= 0.3 is 6.18 Å². The quantitative estimate of drug-likeness (QED) is 0.200. The molecule has 0 aromatic carbocycles. The Morgan fingerprint density at radius 3 is 2.39 bits per heavy atom. The summed E-state index contributed by atoms with van der Waals surface area (Å²) in [6, 6.07) is 1.93. The van der Waals surface area contributed by atoms with Gasteiger partial charge in [0.2, 0.25) is 5.91 Å². The Morgan fingerprint density at radius 2 is 1.89 bits per heavy atom. The van der Waals surface area contributed by atoms with E-state index in [0.717, 1.165) is 23.9 Å². The average Bonchev–Trinajstić information content (AvgIpc) is 2.87. The first-order valence-electron chi connectivity index (χ1n) is 11.5. The zero-order chi connectivity index (χ0) is 29.0. The number of nitrogens with zero attached hydrogens (tertiary/aromatic N) is 3. The molecular formula is C28H33F3N4O2S. The van der Waals surface area contributed by atoms with Crippen molar-refractivity contribution < 1.29 is 18.0 Å². The van der Waals surface area contributed by atoms with Crippen LogP contribution in [0, 0.1) is 0 Å². The number of carbonyl (C=O) groups is 1. The van der Waals surface area contributed by atoms with Crippen molar-refractivity contribution in [2.45, 2.75) is 31.5 Å². The maximum atomic E-state index is 14.2. The number of hydrogen-bond donors (Lipinski definition) is 1. The molecule has 0 atom stereocenters. The highest BCUT2D eigenvalue weighted by atomic mass is 32.2. The van der Waals surface area contributed by atoms with E-state index in [1.807, 2.05) is 13.0 Å². The van der Waals surface area contributed by atoms with Crippen LogP contribution in [0.1, 0.15) is 25.8 Å². The van der Waals surface area contributed by atoms with Crippen LogP contribution in [-0.4, -0.2) is 40.2 Å². The number of alkyl halides is 3. The van der Waals surface area contributed by atoms with Crippen molar-refractivity contribution in [1.29, 1.82) is 0 Å². The van der Waals surface area contributed by atoms with Crippen LogP contribution in [-0.2, 0) is 11.0 Å². The monoisotopic (exact) mass is 546 g/mol. The maximum absolute atomic E-state index is 14.2. The number of rotatable bonds is 10. The molecule has 0 saturated carbocycles. The zero-order valence-electron chi connectivity index (χ0n) is 22.1. The van der Waals surface area contributed by atoms with Gasteiger partial charge in [-0.25, -0.2) is 4.98 Å². The molecule has 2 aromatic rings. The standard InChI is InChI=1S/C26H29F3N4O2S.C2H4/c1-7-11-17(10-4)30-21-15-20(34)24-19(26(27,28)29)14-22(36-16-23(35)32(5)6)31-25(24)33(21)18(12-8-2)13-9-3;1-2/h7-8,10-15,30H,1,4,9,16H2,2-3,5-6H3;1-2H2/b12-8-,17-11+,18-13+;. The van der Waals surface area contributed by atoms with Crippen LogP contribution in [0.5, 0.6) is 0 Å². The fourth-order valence-corrected chi connectivity index (χ4v) is 4.14. The van der Waals surface area contributed by atoms with Crippen LogP contribution in [0.15, 0.2) is 90.4 Å². The van der Waals surface area contributed by atoms with E-state index in [0.29, 0.717) is 17.8 Å². The van der Waals surface area contributed by atoms with Crippen molar-refractivity contribution in [3.63, 3.8) is 0 Å². The summed E-state index contributed by atoms with van der Waals surface area (Å²) in [6.07, 6.45) is 5.63. The van der Waals surface area contributed by atoms with Crippen LogP contribution in [0.25, 0.3) is 16.7 Å². The largest absolute Gasteiger partial charge is 0.417 e. The number of nitrogens with one attached hydrogen (secondary N) is 1. The van der Waals surface area contributed by atoms with Gasteiger partial charge in [-0.1, -0.05) is 50.1 Å². The number of aromatic nitrogens is 2. The fourth-order valence-electron chi connectivity index (χ4n) is 3.25. The molecule has 0 aliphatic carbocycles. The molecule has 0 spiro atoms. The van der Waals surface area contributed by atoms with Crippen molar-refractivity contribution in [2.75, 3.05) is 25.2 Å². The van der Waals surface area contributed by atoms with E-state index in [1.54, 1.807) is 39.2 Å². The summed E-state index contributed by atoms with van der Waals surface area (Å²) >= 11 is 0.871. The summed E-state index contributed by atoms with van der Waals surface area (Å²) in [5.74, 6) is -0.195. The first-order valence-corrected chi connectivity index (χ1v) is 12.5. The van der Waals surface area contributed by atoms with Crippen molar-refractivity contribution in [3.05, 3.63) is 96.4 Å². The van der Waals surface area contributed by atoms with E-state index in [4.69, 9.17) is 0 Å². The highest BCUT2D eigenvalue weighted by Crippen LogP contribution is 2.37.